The second kappa shape index (κ2) is 7.76. The van der Waals surface area contributed by atoms with Gasteiger partial charge in [0.2, 0.25) is 5.91 Å². The number of ketones is 1. The highest BCUT2D eigenvalue weighted by Gasteiger charge is 2.58. The van der Waals surface area contributed by atoms with E-state index in [0.717, 1.165) is 0 Å². The Morgan fingerprint density at radius 3 is 2.00 bits per heavy atom. The third kappa shape index (κ3) is 5.86. The zero-order chi connectivity index (χ0) is 17.8. The molecular weight excluding hydrogens is 342 g/mol. The van der Waals surface area contributed by atoms with Gasteiger partial charge in [0, 0.05) is 19.4 Å². The highest BCUT2D eigenvalue weighted by atomic mass is 31.2. The van der Waals surface area contributed by atoms with Gasteiger partial charge in [0.15, 0.2) is 0 Å². The number of Topliss-reactive ketones (excluding diaryl/α,β-unsaturated/α-hetero) is 1. The highest BCUT2D eigenvalue weighted by molar-refractivity contribution is 7.72. The van der Waals surface area contributed by atoms with Crippen molar-refractivity contribution in [3.8, 4) is 0 Å². The van der Waals surface area contributed by atoms with E-state index in [1.807, 2.05) is 0 Å². The van der Waals surface area contributed by atoms with Gasteiger partial charge in [-0.1, -0.05) is 0 Å². The Hall–Kier alpha value is -0.640. The molecule has 0 spiro atoms. The van der Waals surface area contributed by atoms with Gasteiger partial charge in [-0.2, -0.15) is 0 Å². The lowest BCUT2D eigenvalue weighted by atomic mass is 10.1. The molecule has 0 aliphatic heterocycles. The Bertz CT molecular complexity index is 489. The number of carbonyl (C=O) groups is 2. The molecule has 1 amide bonds. The van der Waals surface area contributed by atoms with Gasteiger partial charge < -0.3 is 35.7 Å². The van der Waals surface area contributed by atoms with Crippen molar-refractivity contribution in [1.82, 2.24) is 5.32 Å². The number of amides is 1. The van der Waals surface area contributed by atoms with E-state index in [1.54, 1.807) is 0 Å². The van der Waals surface area contributed by atoms with Gasteiger partial charge in [-0.15, -0.1) is 0 Å². The van der Waals surface area contributed by atoms with Crippen LogP contribution in [0.15, 0.2) is 0 Å². The normalized spacial score (nSPS) is 14.5. The second-order valence-corrected chi connectivity index (χ2v) is 8.75. The zero-order valence-corrected chi connectivity index (χ0v) is 13.5. The topological polar surface area (TPSA) is 207 Å². The lowest BCUT2D eigenvalue weighted by Crippen LogP contribution is -2.37. The fourth-order valence-corrected chi connectivity index (χ4v) is 3.69. The number of aliphatic hydroxyl groups is 1. The highest BCUT2D eigenvalue weighted by Crippen LogP contribution is 2.69. The summed E-state index contributed by atoms with van der Waals surface area (Å²) >= 11 is 0. The molecule has 0 fully saturated rings. The molecule has 22 heavy (non-hydrogen) atoms. The molecule has 0 bridgehead atoms. The molecule has 0 aromatic carbocycles. The minimum absolute atomic E-state index is 0.216. The monoisotopic (exact) mass is 362 g/mol. The van der Waals surface area contributed by atoms with E-state index in [2.05, 4.69) is 5.32 Å². The van der Waals surface area contributed by atoms with Crippen LogP contribution in [0.2, 0.25) is 0 Å². The van der Waals surface area contributed by atoms with Crippen LogP contribution in [-0.2, 0) is 18.7 Å². The summed E-state index contributed by atoms with van der Waals surface area (Å²) in [7, 11) is -11.0. The van der Waals surface area contributed by atoms with E-state index >= 15 is 0 Å². The summed E-state index contributed by atoms with van der Waals surface area (Å²) in [6, 6.07) is -0.984. The van der Waals surface area contributed by atoms with Crippen LogP contribution in [-0.4, -0.2) is 54.0 Å². The smallest absolute Gasteiger partial charge is 0.368 e. The molecule has 0 saturated heterocycles. The molecule has 0 aliphatic carbocycles. The van der Waals surface area contributed by atoms with Crippen molar-refractivity contribution in [3.05, 3.63) is 0 Å². The van der Waals surface area contributed by atoms with Gasteiger partial charge in [0.1, 0.15) is 5.78 Å². The van der Waals surface area contributed by atoms with E-state index < -0.39 is 44.4 Å². The third-order valence-electron chi connectivity index (χ3n) is 2.87. The maximum Gasteiger partial charge on any atom is 0.369 e. The number of rotatable bonds is 9. The number of hydrogen-bond acceptors (Lipinski definition) is 6. The van der Waals surface area contributed by atoms with Crippen LogP contribution < -0.4 is 11.1 Å². The van der Waals surface area contributed by atoms with E-state index in [-0.39, 0.29) is 19.4 Å². The van der Waals surface area contributed by atoms with Crippen molar-refractivity contribution in [3.63, 3.8) is 0 Å². The van der Waals surface area contributed by atoms with Crippen molar-refractivity contribution < 1.29 is 43.4 Å². The first-order chi connectivity index (χ1) is 9.72. The SMILES string of the molecule is CC(=O)[C@@H](N)CC(=O)NCCCC(O)(P(=O)(O)O)P(=O)(O)O. The molecular formula is C9H20N2O9P2. The molecule has 0 unspecified atom stereocenters. The van der Waals surface area contributed by atoms with Crippen LogP contribution in [0.3, 0.4) is 0 Å². The van der Waals surface area contributed by atoms with Gasteiger partial charge in [0.05, 0.1) is 6.04 Å². The van der Waals surface area contributed by atoms with Gasteiger partial charge in [-0.25, -0.2) is 0 Å². The van der Waals surface area contributed by atoms with E-state index in [4.69, 9.17) is 25.3 Å². The molecule has 0 radical (unpaired) electrons. The molecule has 0 heterocycles. The van der Waals surface area contributed by atoms with Crippen LogP contribution in [0.1, 0.15) is 26.2 Å². The quantitative estimate of drug-likeness (QED) is 0.181. The van der Waals surface area contributed by atoms with Gasteiger partial charge in [0.25, 0.3) is 5.08 Å². The average Bonchev–Trinajstić information content (AvgIpc) is 2.31. The Balaban J connectivity index is 4.51. The largest absolute Gasteiger partial charge is 0.369 e. The Labute approximate surface area is 126 Å². The lowest BCUT2D eigenvalue weighted by Gasteiger charge is -2.29. The molecule has 1 atom stereocenters. The molecule has 11 nitrogen and oxygen atoms in total. The summed E-state index contributed by atoms with van der Waals surface area (Å²) in [6.45, 7) is 0.990. The minimum atomic E-state index is -5.49. The van der Waals surface area contributed by atoms with E-state index in [1.165, 1.54) is 6.92 Å². The van der Waals surface area contributed by atoms with Gasteiger partial charge >= 0.3 is 15.2 Å². The Kier molecular flexibility index (Phi) is 7.53. The second-order valence-electron chi connectivity index (χ2n) is 4.74. The van der Waals surface area contributed by atoms with Crippen LogP contribution >= 0.6 is 15.2 Å². The molecule has 13 heteroatoms. The summed E-state index contributed by atoms with van der Waals surface area (Å²) in [4.78, 5) is 57.8. The maximum atomic E-state index is 11.4. The predicted molar refractivity (Wildman–Crippen MR) is 74.6 cm³/mol. The summed E-state index contributed by atoms with van der Waals surface area (Å²) in [5, 5.41) is 8.32. The van der Waals surface area contributed by atoms with Gasteiger partial charge in [-0.05, 0) is 13.3 Å². The lowest BCUT2D eigenvalue weighted by molar-refractivity contribution is -0.125. The zero-order valence-electron chi connectivity index (χ0n) is 11.7. The van der Waals surface area contributed by atoms with Crippen LogP contribution in [0, 0.1) is 0 Å². The van der Waals surface area contributed by atoms with E-state index in [9.17, 15) is 23.8 Å². The standard InChI is InChI=1S/C9H20N2O9P2/c1-6(12)7(10)5-8(13)11-4-2-3-9(14,21(15,16)17)22(18,19)20/h7,14H,2-5,10H2,1H3,(H,11,13)(H2,15,16,17)(H2,18,19,20)/t7-/m0/s1. The number of carbonyl (C=O) groups excluding carboxylic acids is 2. The first kappa shape index (κ1) is 21.4. The molecule has 0 rings (SSSR count). The summed E-state index contributed by atoms with van der Waals surface area (Å²) in [6.07, 6.45) is -1.54. The van der Waals surface area contributed by atoms with Crippen LogP contribution in [0.25, 0.3) is 0 Å². The fraction of sp³-hybridized carbons (Fsp3) is 0.778. The maximum absolute atomic E-state index is 11.4. The number of hydrogen-bond donors (Lipinski definition) is 7. The van der Waals surface area contributed by atoms with Crippen molar-refractivity contribution in [1.29, 1.82) is 0 Å². The third-order valence-corrected chi connectivity index (χ3v) is 6.75. The first-order valence-electron chi connectivity index (χ1n) is 6.09. The van der Waals surface area contributed by atoms with Crippen molar-refractivity contribution >= 4 is 26.9 Å². The van der Waals surface area contributed by atoms with Crippen LogP contribution in [0.4, 0.5) is 0 Å². The number of nitrogens with one attached hydrogen (secondary N) is 1. The van der Waals surface area contributed by atoms with Crippen molar-refractivity contribution in [2.24, 2.45) is 5.73 Å². The van der Waals surface area contributed by atoms with Crippen LogP contribution in [0.5, 0.6) is 0 Å². The molecule has 0 saturated carbocycles. The Morgan fingerprint density at radius 2 is 1.64 bits per heavy atom. The summed E-state index contributed by atoms with van der Waals surface area (Å²) in [5.41, 5.74) is 5.35. The van der Waals surface area contributed by atoms with Crippen molar-refractivity contribution in [2.75, 3.05) is 6.54 Å². The number of nitrogens with two attached hydrogens (primary N) is 1. The van der Waals surface area contributed by atoms with Gasteiger partial charge in [-0.3, -0.25) is 18.7 Å². The van der Waals surface area contributed by atoms with E-state index in [0.29, 0.717) is 0 Å². The fourth-order valence-electron chi connectivity index (χ4n) is 1.43. The summed E-state index contributed by atoms with van der Waals surface area (Å²) in [5.74, 6) is -1.01. The summed E-state index contributed by atoms with van der Waals surface area (Å²) < 4.78 is 22.1. The predicted octanol–water partition coefficient (Wildman–Crippen LogP) is -1.81. The Morgan fingerprint density at radius 1 is 1.18 bits per heavy atom. The molecule has 8 N–H and O–H groups in total. The first-order valence-corrected chi connectivity index (χ1v) is 9.31. The molecule has 130 valence electrons. The molecule has 0 aliphatic rings. The average molecular weight is 362 g/mol. The van der Waals surface area contributed by atoms with Crippen molar-refractivity contribution in [2.45, 2.75) is 37.3 Å². The minimum Gasteiger partial charge on any atom is -0.368 e. The molecule has 0 aromatic rings. The molecule has 0 aromatic heterocycles.